The van der Waals surface area contributed by atoms with Gasteiger partial charge in [-0.3, -0.25) is 4.79 Å². The Morgan fingerprint density at radius 1 is 1.00 bits per heavy atom. The van der Waals surface area contributed by atoms with E-state index in [-0.39, 0.29) is 11.9 Å². The summed E-state index contributed by atoms with van der Waals surface area (Å²) < 4.78 is 11.1. The lowest BCUT2D eigenvalue weighted by Gasteiger charge is -2.19. The van der Waals surface area contributed by atoms with E-state index < -0.39 is 0 Å². The second-order valence-corrected chi connectivity index (χ2v) is 6.47. The van der Waals surface area contributed by atoms with Crippen LogP contribution in [0.2, 0.25) is 0 Å². The Morgan fingerprint density at radius 3 is 2.56 bits per heavy atom. The number of rotatable bonds is 7. The second kappa shape index (κ2) is 8.56. The number of carbonyl (C=O) groups is 1. The number of amides is 1. The lowest BCUT2D eigenvalue weighted by Crippen LogP contribution is -2.33. The molecule has 0 aliphatic carbocycles. The minimum absolute atomic E-state index is 0.0930. The Balaban J connectivity index is 1.41. The van der Waals surface area contributed by atoms with Crippen LogP contribution in [0.3, 0.4) is 0 Å². The fraction of sp³-hybridized carbons (Fsp3) is 0.381. The molecular weight excluding hydrogens is 314 g/mol. The minimum atomic E-state index is 0.0930. The third-order valence-corrected chi connectivity index (χ3v) is 4.36. The van der Waals surface area contributed by atoms with Gasteiger partial charge in [0.05, 0.1) is 0 Å². The molecule has 0 saturated carbocycles. The van der Waals surface area contributed by atoms with Crippen LogP contribution < -0.4 is 14.8 Å². The molecule has 0 saturated heterocycles. The molecule has 132 valence electrons. The van der Waals surface area contributed by atoms with Crippen LogP contribution in [-0.2, 0) is 17.6 Å². The maximum atomic E-state index is 12.2. The largest absolute Gasteiger partial charge is 0.486 e. The molecule has 2 aromatic carbocycles. The van der Waals surface area contributed by atoms with Crippen molar-refractivity contribution in [1.29, 1.82) is 0 Å². The molecule has 0 bridgehead atoms. The molecule has 1 amide bonds. The summed E-state index contributed by atoms with van der Waals surface area (Å²) in [6.45, 7) is 3.23. The van der Waals surface area contributed by atoms with Gasteiger partial charge in [0, 0.05) is 12.5 Å². The quantitative estimate of drug-likeness (QED) is 0.839. The van der Waals surface area contributed by atoms with Gasteiger partial charge in [-0.2, -0.15) is 0 Å². The van der Waals surface area contributed by atoms with Gasteiger partial charge < -0.3 is 14.8 Å². The molecule has 1 atom stereocenters. The van der Waals surface area contributed by atoms with Crippen molar-refractivity contribution in [1.82, 2.24) is 5.32 Å². The number of ether oxygens (including phenoxy) is 2. The van der Waals surface area contributed by atoms with Gasteiger partial charge in [-0.1, -0.05) is 36.4 Å². The highest BCUT2D eigenvalue weighted by atomic mass is 16.6. The zero-order valence-corrected chi connectivity index (χ0v) is 14.7. The predicted molar refractivity (Wildman–Crippen MR) is 98.1 cm³/mol. The molecular formula is C21H25NO3. The van der Waals surface area contributed by atoms with Crippen LogP contribution in [0, 0.1) is 0 Å². The molecule has 0 aromatic heterocycles. The number of carbonyl (C=O) groups excluding carboxylic acids is 1. The highest BCUT2D eigenvalue weighted by Crippen LogP contribution is 2.31. The van der Waals surface area contributed by atoms with E-state index in [0.717, 1.165) is 29.9 Å². The normalized spacial score (nSPS) is 14.0. The minimum Gasteiger partial charge on any atom is -0.486 e. The standard InChI is InChI=1S/C21H25NO3/c1-16(7-8-17-5-3-2-4-6-17)22-21(23)12-10-18-9-11-19-20(15-18)25-14-13-24-19/h2-6,9,11,15-16H,7-8,10,12-14H2,1H3,(H,22,23)/t16-/m1/s1. The molecule has 1 heterocycles. The van der Waals surface area contributed by atoms with Crippen LogP contribution >= 0.6 is 0 Å². The summed E-state index contributed by atoms with van der Waals surface area (Å²) in [6, 6.07) is 16.4. The van der Waals surface area contributed by atoms with E-state index in [4.69, 9.17) is 9.47 Å². The number of hydrogen-bond acceptors (Lipinski definition) is 3. The van der Waals surface area contributed by atoms with E-state index in [9.17, 15) is 4.79 Å². The first-order chi connectivity index (χ1) is 12.2. The van der Waals surface area contributed by atoms with Crippen molar-refractivity contribution in [3.05, 3.63) is 59.7 Å². The average Bonchev–Trinajstić information content (AvgIpc) is 2.65. The Bertz CT molecular complexity index is 700. The lowest BCUT2D eigenvalue weighted by atomic mass is 10.1. The van der Waals surface area contributed by atoms with Gasteiger partial charge in [0.25, 0.3) is 0 Å². The van der Waals surface area contributed by atoms with E-state index >= 15 is 0 Å². The fourth-order valence-electron chi connectivity index (χ4n) is 2.95. The first-order valence-electron chi connectivity index (χ1n) is 8.92. The Labute approximate surface area is 149 Å². The molecule has 1 aliphatic rings. The molecule has 4 heteroatoms. The summed E-state index contributed by atoms with van der Waals surface area (Å²) in [6.07, 6.45) is 3.10. The summed E-state index contributed by atoms with van der Waals surface area (Å²) >= 11 is 0. The Hall–Kier alpha value is -2.49. The summed E-state index contributed by atoms with van der Waals surface area (Å²) in [5.41, 5.74) is 2.40. The van der Waals surface area contributed by atoms with Crippen molar-refractivity contribution in [3.8, 4) is 11.5 Å². The number of fused-ring (bicyclic) bond motifs is 1. The second-order valence-electron chi connectivity index (χ2n) is 6.47. The smallest absolute Gasteiger partial charge is 0.220 e. The molecule has 2 aromatic rings. The maximum Gasteiger partial charge on any atom is 0.220 e. The van der Waals surface area contributed by atoms with E-state index in [1.54, 1.807) is 0 Å². The summed E-state index contributed by atoms with van der Waals surface area (Å²) in [4.78, 5) is 12.2. The molecule has 0 unspecified atom stereocenters. The van der Waals surface area contributed by atoms with E-state index in [2.05, 4.69) is 24.4 Å². The molecule has 0 spiro atoms. The molecule has 0 fully saturated rings. The maximum absolute atomic E-state index is 12.2. The van der Waals surface area contributed by atoms with E-state index in [0.29, 0.717) is 26.1 Å². The van der Waals surface area contributed by atoms with Gasteiger partial charge in [0.2, 0.25) is 5.91 Å². The molecule has 25 heavy (non-hydrogen) atoms. The molecule has 3 rings (SSSR count). The van der Waals surface area contributed by atoms with Crippen LogP contribution in [0.4, 0.5) is 0 Å². The predicted octanol–water partition coefficient (Wildman–Crippen LogP) is 3.53. The Morgan fingerprint density at radius 2 is 1.76 bits per heavy atom. The van der Waals surface area contributed by atoms with Gasteiger partial charge in [-0.05, 0) is 49.4 Å². The van der Waals surface area contributed by atoms with Crippen LogP contribution in [0.15, 0.2) is 48.5 Å². The average molecular weight is 339 g/mol. The van der Waals surface area contributed by atoms with Crippen molar-refractivity contribution in [2.24, 2.45) is 0 Å². The highest BCUT2D eigenvalue weighted by Gasteiger charge is 2.13. The van der Waals surface area contributed by atoms with Crippen molar-refractivity contribution in [2.45, 2.75) is 38.6 Å². The van der Waals surface area contributed by atoms with E-state index in [1.807, 2.05) is 36.4 Å². The summed E-state index contributed by atoms with van der Waals surface area (Å²) in [7, 11) is 0. The third-order valence-electron chi connectivity index (χ3n) is 4.36. The van der Waals surface area contributed by atoms with Crippen molar-refractivity contribution < 1.29 is 14.3 Å². The highest BCUT2D eigenvalue weighted by molar-refractivity contribution is 5.76. The van der Waals surface area contributed by atoms with Crippen molar-refractivity contribution in [2.75, 3.05) is 13.2 Å². The zero-order valence-electron chi connectivity index (χ0n) is 14.7. The number of hydrogen-bond donors (Lipinski definition) is 1. The lowest BCUT2D eigenvalue weighted by molar-refractivity contribution is -0.121. The first-order valence-corrected chi connectivity index (χ1v) is 8.92. The molecule has 1 N–H and O–H groups in total. The topological polar surface area (TPSA) is 47.6 Å². The van der Waals surface area contributed by atoms with Gasteiger partial charge in [-0.15, -0.1) is 0 Å². The third kappa shape index (κ3) is 5.24. The van der Waals surface area contributed by atoms with Gasteiger partial charge in [0.15, 0.2) is 11.5 Å². The summed E-state index contributed by atoms with van der Waals surface area (Å²) in [5, 5.41) is 3.09. The van der Waals surface area contributed by atoms with Gasteiger partial charge in [-0.25, -0.2) is 0 Å². The van der Waals surface area contributed by atoms with Crippen molar-refractivity contribution >= 4 is 5.91 Å². The number of benzene rings is 2. The molecule has 4 nitrogen and oxygen atoms in total. The number of nitrogens with one attached hydrogen (secondary N) is 1. The van der Waals surface area contributed by atoms with Gasteiger partial charge >= 0.3 is 0 Å². The summed E-state index contributed by atoms with van der Waals surface area (Å²) in [5.74, 6) is 1.66. The molecule has 0 radical (unpaired) electrons. The fourth-order valence-corrected chi connectivity index (χ4v) is 2.95. The zero-order chi connectivity index (χ0) is 17.5. The van der Waals surface area contributed by atoms with Gasteiger partial charge in [0.1, 0.15) is 13.2 Å². The van der Waals surface area contributed by atoms with Crippen LogP contribution in [0.1, 0.15) is 30.9 Å². The van der Waals surface area contributed by atoms with Crippen LogP contribution in [0.25, 0.3) is 0 Å². The van der Waals surface area contributed by atoms with Crippen LogP contribution in [0.5, 0.6) is 11.5 Å². The van der Waals surface area contributed by atoms with Crippen LogP contribution in [-0.4, -0.2) is 25.2 Å². The van der Waals surface area contributed by atoms with Crippen molar-refractivity contribution in [3.63, 3.8) is 0 Å². The van der Waals surface area contributed by atoms with E-state index in [1.165, 1.54) is 5.56 Å². The SMILES string of the molecule is C[C@H](CCc1ccccc1)NC(=O)CCc1ccc2c(c1)OCCO2. The Kier molecular flexibility index (Phi) is 5.94. The number of aryl methyl sites for hydroxylation is 2. The molecule has 1 aliphatic heterocycles. The first kappa shape index (κ1) is 17.3. The monoisotopic (exact) mass is 339 g/mol.